The van der Waals surface area contributed by atoms with Gasteiger partial charge in [-0.2, -0.15) is 0 Å². The van der Waals surface area contributed by atoms with E-state index in [0.29, 0.717) is 12.2 Å². The molecule has 2 aromatic carbocycles. The van der Waals surface area contributed by atoms with E-state index in [4.69, 9.17) is 4.74 Å². The van der Waals surface area contributed by atoms with Crippen molar-refractivity contribution in [2.45, 2.75) is 25.0 Å². The SMILES string of the molecule is CC1(c2ccc3ccccc3c2)CC(Nc2ccc([N+](=O)[O-])cn2)C(=O)O1. The largest absolute Gasteiger partial charge is 0.453 e. The van der Waals surface area contributed by atoms with E-state index in [-0.39, 0.29) is 11.7 Å². The van der Waals surface area contributed by atoms with Crippen LogP contribution < -0.4 is 5.32 Å². The van der Waals surface area contributed by atoms with Gasteiger partial charge in [0.25, 0.3) is 5.69 Å². The minimum atomic E-state index is -0.750. The van der Waals surface area contributed by atoms with Crippen molar-refractivity contribution in [3.8, 4) is 0 Å². The van der Waals surface area contributed by atoms with Crippen molar-refractivity contribution in [2.75, 3.05) is 5.32 Å². The second kappa shape index (κ2) is 6.35. The molecule has 3 aromatic rings. The van der Waals surface area contributed by atoms with Gasteiger partial charge in [-0.25, -0.2) is 9.78 Å². The third-order valence-electron chi connectivity index (χ3n) is 4.84. The summed E-state index contributed by atoms with van der Waals surface area (Å²) in [4.78, 5) is 26.6. The van der Waals surface area contributed by atoms with Crippen LogP contribution in [0.1, 0.15) is 18.9 Å². The fraction of sp³-hybridized carbons (Fsp3) is 0.200. The van der Waals surface area contributed by atoms with Crippen molar-refractivity contribution < 1.29 is 14.5 Å². The van der Waals surface area contributed by atoms with Crippen molar-refractivity contribution in [2.24, 2.45) is 0 Å². The summed E-state index contributed by atoms with van der Waals surface area (Å²) in [5.74, 6) is 0.0242. The third-order valence-corrected chi connectivity index (χ3v) is 4.84. The number of nitrogens with zero attached hydrogens (tertiary/aromatic N) is 2. The van der Waals surface area contributed by atoms with Crippen LogP contribution in [0.15, 0.2) is 60.8 Å². The van der Waals surface area contributed by atoms with Crippen LogP contribution in [0.25, 0.3) is 10.8 Å². The van der Waals surface area contributed by atoms with Gasteiger partial charge in [-0.15, -0.1) is 0 Å². The number of pyridine rings is 1. The fourth-order valence-corrected chi connectivity index (χ4v) is 3.37. The minimum absolute atomic E-state index is 0.101. The number of ether oxygens (including phenoxy) is 1. The molecule has 7 heteroatoms. The predicted molar refractivity (Wildman–Crippen MR) is 100 cm³/mol. The molecule has 1 aromatic heterocycles. The van der Waals surface area contributed by atoms with Crippen LogP contribution in [0.4, 0.5) is 11.5 Å². The molecular formula is C20H17N3O4. The van der Waals surface area contributed by atoms with Gasteiger partial charge in [0.05, 0.1) is 4.92 Å². The molecule has 4 rings (SSSR count). The van der Waals surface area contributed by atoms with E-state index in [9.17, 15) is 14.9 Å². The summed E-state index contributed by atoms with van der Waals surface area (Å²) in [5, 5.41) is 15.9. The van der Waals surface area contributed by atoms with E-state index in [1.165, 1.54) is 12.1 Å². The molecule has 0 saturated carbocycles. The second-order valence-corrected chi connectivity index (χ2v) is 6.77. The zero-order valence-corrected chi connectivity index (χ0v) is 14.6. The Balaban J connectivity index is 1.55. The highest BCUT2D eigenvalue weighted by atomic mass is 16.6. The molecule has 2 heterocycles. The molecular weight excluding hydrogens is 346 g/mol. The average molecular weight is 363 g/mol. The maximum Gasteiger partial charge on any atom is 0.329 e. The Kier molecular flexibility index (Phi) is 3.99. The average Bonchev–Trinajstić information content (AvgIpc) is 2.96. The Bertz CT molecular complexity index is 1030. The highest BCUT2D eigenvalue weighted by Crippen LogP contribution is 2.38. The topological polar surface area (TPSA) is 94.4 Å². The van der Waals surface area contributed by atoms with Crippen molar-refractivity contribution in [3.05, 3.63) is 76.5 Å². The molecule has 2 unspecified atom stereocenters. The minimum Gasteiger partial charge on any atom is -0.453 e. The van der Waals surface area contributed by atoms with Crippen LogP contribution in [0.3, 0.4) is 0 Å². The first-order valence-corrected chi connectivity index (χ1v) is 8.54. The molecule has 0 amide bonds. The van der Waals surface area contributed by atoms with E-state index in [2.05, 4.69) is 10.3 Å². The summed E-state index contributed by atoms with van der Waals surface area (Å²) >= 11 is 0. The number of benzene rings is 2. The lowest BCUT2D eigenvalue weighted by Gasteiger charge is -2.23. The van der Waals surface area contributed by atoms with Crippen LogP contribution in [-0.2, 0) is 15.1 Å². The standard InChI is InChI=1S/C20H17N3O4/c1-20(15-7-6-13-4-2-3-5-14(13)10-15)11-17(19(24)27-20)22-18-9-8-16(12-21-18)23(25)26/h2-10,12,17H,11H2,1H3,(H,21,22). The molecule has 1 aliphatic heterocycles. The van der Waals surface area contributed by atoms with E-state index in [1.54, 1.807) is 0 Å². The highest BCUT2D eigenvalue weighted by molar-refractivity contribution is 5.85. The van der Waals surface area contributed by atoms with Gasteiger partial charge < -0.3 is 10.1 Å². The van der Waals surface area contributed by atoms with Gasteiger partial charge in [0.2, 0.25) is 0 Å². The van der Waals surface area contributed by atoms with E-state index in [1.807, 2.05) is 49.4 Å². The van der Waals surface area contributed by atoms with Gasteiger partial charge in [0.1, 0.15) is 23.7 Å². The maximum absolute atomic E-state index is 12.4. The Morgan fingerprint density at radius 2 is 1.96 bits per heavy atom. The van der Waals surface area contributed by atoms with Crippen molar-refractivity contribution in [1.29, 1.82) is 0 Å². The van der Waals surface area contributed by atoms with Gasteiger partial charge in [0.15, 0.2) is 0 Å². The number of nitrogens with one attached hydrogen (secondary N) is 1. The summed E-state index contributed by atoms with van der Waals surface area (Å²) in [5.41, 5.74) is 0.0746. The highest BCUT2D eigenvalue weighted by Gasteiger charge is 2.44. The number of carbonyl (C=O) groups excluding carboxylic acids is 1. The molecule has 27 heavy (non-hydrogen) atoms. The summed E-state index contributed by atoms with van der Waals surface area (Å²) < 4.78 is 5.69. The zero-order valence-electron chi connectivity index (χ0n) is 14.6. The van der Waals surface area contributed by atoms with Gasteiger partial charge in [-0.3, -0.25) is 10.1 Å². The number of cyclic esters (lactones) is 1. The first-order chi connectivity index (χ1) is 12.9. The normalized spacial score (nSPS) is 21.8. The number of hydrogen-bond donors (Lipinski definition) is 1. The number of anilines is 1. The zero-order chi connectivity index (χ0) is 19.0. The summed E-state index contributed by atoms with van der Waals surface area (Å²) in [6.45, 7) is 1.89. The summed E-state index contributed by atoms with van der Waals surface area (Å²) in [7, 11) is 0. The first-order valence-electron chi connectivity index (χ1n) is 8.54. The van der Waals surface area contributed by atoms with Gasteiger partial charge in [-0.05, 0) is 35.4 Å². The Labute approximate surface area is 155 Å². The van der Waals surface area contributed by atoms with Crippen molar-refractivity contribution >= 4 is 28.2 Å². The van der Waals surface area contributed by atoms with Gasteiger partial charge >= 0.3 is 5.97 Å². The Hall–Kier alpha value is -3.48. The van der Waals surface area contributed by atoms with E-state index in [0.717, 1.165) is 22.5 Å². The number of nitro groups is 1. The molecule has 0 radical (unpaired) electrons. The second-order valence-electron chi connectivity index (χ2n) is 6.77. The van der Waals surface area contributed by atoms with E-state index < -0.39 is 16.6 Å². The van der Waals surface area contributed by atoms with Crippen molar-refractivity contribution in [3.63, 3.8) is 0 Å². The monoisotopic (exact) mass is 363 g/mol. The molecule has 1 fully saturated rings. The lowest BCUT2D eigenvalue weighted by Crippen LogP contribution is -2.25. The fourth-order valence-electron chi connectivity index (χ4n) is 3.37. The molecule has 0 aliphatic carbocycles. The predicted octanol–water partition coefficient (Wildman–Crippen LogP) is 3.79. The number of carbonyl (C=O) groups is 1. The van der Waals surface area contributed by atoms with Gasteiger partial charge in [-0.1, -0.05) is 36.4 Å². The molecule has 0 spiro atoms. The molecule has 136 valence electrons. The maximum atomic E-state index is 12.4. The smallest absolute Gasteiger partial charge is 0.329 e. The number of rotatable bonds is 4. The first kappa shape index (κ1) is 17.0. The molecule has 2 atom stereocenters. The summed E-state index contributed by atoms with van der Waals surface area (Å²) in [6, 6.07) is 16.3. The molecule has 0 bridgehead atoms. The van der Waals surface area contributed by atoms with Gasteiger partial charge in [0, 0.05) is 12.5 Å². The van der Waals surface area contributed by atoms with Crippen molar-refractivity contribution in [1.82, 2.24) is 4.98 Å². The van der Waals surface area contributed by atoms with Crippen LogP contribution in [0, 0.1) is 10.1 Å². The summed E-state index contributed by atoms with van der Waals surface area (Å²) in [6.07, 6.45) is 1.59. The quantitative estimate of drug-likeness (QED) is 0.431. The number of hydrogen-bond acceptors (Lipinski definition) is 6. The number of fused-ring (bicyclic) bond motifs is 1. The Morgan fingerprint density at radius 1 is 1.19 bits per heavy atom. The number of aromatic nitrogens is 1. The molecule has 7 nitrogen and oxygen atoms in total. The lowest BCUT2D eigenvalue weighted by molar-refractivity contribution is -0.385. The molecule has 1 N–H and O–H groups in total. The Morgan fingerprint density at radius 3 is 2.67 bits per heavy atom. The third kappa shape index (κ3) is 3.19. The van der Waals surface area contributed by atoms with Crippen LogP contribution in [0.2, 0.25) is 0 Å². The van der Waals surface area contributed by atoms with Crippen LogP contribution >= 0.6 is 0 Å². The lowest BCUT2D eigenvalue weighted by atomic mass is 9.90. The number of esters is 1. The van der Waals surface area contributed by atoms with Crippen LogP contribution in [0.5, 0.6) is 0 Å². The molecule has 1 saturated heterocycles. The van der Waals surface area contributed by atoms with Crippen LogP contribution in [-0.4, -0.2) is 21.9 Å². The molecule has 1 aliphatic rings. The van der Waals surface area contributed by atoms with E-state index >= 15 is 0 Å².